The highest BCUT2D eigenvalue weighted by Crippen LogP contribution is 2.13. The van der Waals surface area contributed by atoms with E-state index in [1.165, 1.54) is 0 Å². The first kappa shape index (κ1) is 15.6. The zero-order valence-corrected chi connectivity index (χ0v) is 12.7. The molecule has 0 fully saturated rings. The van der Waals surface area contributed by atoms with Crippen LogP contribution in [0.25, 0.3) is 0 Å². The first-order valence-electron chi connectivity index (χ1n) is 6.69. The molecule has 0 radical (unpaired) electrons. The molecular formula is C14H26N4O. The van der Waals surface area contributed by atoms with Crippen LogP contribution in [0.2, 0.25) is 0 Å². The Morgan fingerprint density at radius 2 is 2.11 bits per heavy atom. The number of amides is 1. The third-order valence-corrected chi connectivity index (χ3v) is 3.51. The van der Waals surface area contributed by atoms with Gasteiger partial charge in [0, 0.05) is 24.8 Å². The summed E-state index contributed by atoms with van der Waals surface area (Å²) in [7, 11) is 4.01. The van der Waals surface area contributed by atoms with E-state index in [4.69, 9.17) is 5.73 Å². The van der Waals surface area contributed by atoms with Crippen LogP contribution in [-0.2, 0) is 6.54 Å². The zero-order chi connectivity index (χ0) is 14.6. The van der Waals surface area contributed by atoms with Crippen LogP contribution in [0.3, 0.4) is 0 Å². The number of carbonyl (C=O) groups is 1. The van der Waals surface area contributed by atoms with E-state index in [0.717, 1.165) is 13.0 Å². The van der Waals surface area contributed by atoms with Gasteiger partial charge in [0.2, 0.25) is 0 Å². The van der Waals surface area contributed by atoms with E-state index in [1.807, 2.05) is 24.9 Å². The molecule has 19 heavy (non-hydrogen) atoms. The van der Waals surface area contributed by atoms with Crippen molar-refractivity contribution in [1.82, 2.24) is 14.8 Å². The van der Waals surface area contributed by atoms with Crippen molar-refractivity contribution in [3.8, 4) is 0 Å². The van der Waals surface area contributed by atoms with Gasteiger partial charge in [-0.2, -0.15) is 0 Å². The number of aryl methyl sites for hydroxylation is 1. The minimum absolute atomic E-state index is 0.0694. The Morgan fingerprint density at radius 1 is 1.47 bits per heavy atom. The molecule has 0 aliphatic heterocycles. The van der Waals surface area contributed by atoms with Gasteiger partial charge in [0.1, 0.15) is 5.69 Å². The Kier molecular flexibility index (Phi) is 5.00. The number of hydrogen-bond acceptors (Lipinski definition) is 3. The summed E-state index contributed by atoms with van der Waals surface area (Å²) in [6, 6.07) is 1.73. The molecule has 0 bridgehead atoms. The summed E-state index contributed by atoms with van der Waals surface area (Å²) in [6.45, 7) is 7.65. The molecule has 5 nitrogen and oxygen atoms in total. The monoisotopic (exact) mass is 266 g/mol. The molecule has 0 unspecified atom stereocenters. The molecule has 0 saturated carbocycles. The molecule has 1 rings (SSSR count). The van der Waals surface area contributed by atoms with E-state index in [2.05, 4.69) is 31.0 Å². The van der Waals surface area contributed by atoms with Crippen molar-refractivity contribution in [2.45, 2.75) is 39.3 Å². The van der Waals surface area contributed by atoms with Crippen molar-refractivity contribution < 1.29 is 4.79 Å². The van der Waals surface area contributed by atoms with Crippen molar-refractivity contribution in [2.24, 2.45) is 0 Å². The highest BCUT2D eigenvalue weighted by Gasteiger charge is 2.22. The van der Waals surface area contributed by atoms with Crippen LogP contribution in [0.1, 0.15) is 37.7 Å². The number of nitrogen functional groups attached to an aromatic ring is 1. The summed E-state index contributed by atoms with van der Waals surface area (Å²) in [5, 5.41) is 2.98. The fraction of sp³-hybridized carbons (Fsp3) is 0.643. The molecule has 1 aromatic heterocycles. The van der Waals surface area contributed by atoms with Gasteiger partial charge in [-0.3, -0.25) is 4.79 Å². The second-order valence-corrected chi connectivity index (χ2v) is 5.74. The lowest BCUT2D eigenvalue weighted by molar-refractivity contribution is 0.0910. The van der Waals surface area contributed by atoms with Gasteiger partial charge in [0.05, 0.1) is 5.69 Å². The number of nitrogens with two attached hydrogens (primary N) is 1. The molecule has 1 amide bonds. The van der Waals surface area contributed by atoms with Crippen molar-refractivity contribution in [2.75, 3.05) is 26.4 Å². The molecular weight excluding hydrogens is 240 g/mol. The number of anilines is 1. The molecule has 0 atom stereocenters. The summed E-state index contributed by atoms with van der Waals surface area (Å²) in [5.41, 5.74) is 6.95. The summed E-state index contributed by atoms with van der Waals surface area (Å²) < 4.78 is 1.91. The fourth-order valence-corrected chi connectivity index (χ4v) is 1.69. The second-order valence-electron chi connectivity index (χ2n) is 5.74. The first-order chi connectivity index (χ1) is 8.77. The summed E-state index contributed by atoms with van der Waals surface area (Å²) >= 11 is 0. The van der Waals surface area contributed by atoms with E-state index < -0.39 is 0 Å². The topological polar surface area (TPSA) is 63.3 Å². The van der Waals surface area contributed by atoms with Crippen molar-refractivity contribution in [1.29, 1.82) is 0 Å². The quantitative estimate of drug-likeness (QED) is 0.821. The highest BCUT2D eigenvalue weighted by molar-refractivity contribution is 5.93. The Bertz CT molecular complexity index is 435. The van der Waals surface area contributed by atoms with E-state index in [9.17, 15) is 4.79 Å². The van der Waals surface area contributed by atoms with Crippen molar-refractivity contribution in [3.05, 3.63) is 18.0 Å². The number of nitrogens with zero attached hydrogens (tertiary/aromatic N) is 2. The third kappa shape index (κ3) is 3.99. The molecule has 1 heterocycles. The average Bonchev–Trinajstić information content (AvgIpc) is 2.68. The van der Waals surface area contributed by atoms with Gasteiger partial charge >= 0.3 is 0 Å². The average molecular weight is 266 g/mol. The molecule has 0 aliphatic carbocycles. The maximum Gasteiger partial charge on any atom is 0.268 e. The Labute approximate surface area is 115 Å². The van der Waals surface area contributed by atoms with Crippen LogP contribution < -0.4 is 11.1 Å². The largest absolute Gasteiger partial charge is 0.397 e. The standard InChI is InChI=1S/C14H26N4O/c1-6-7-18-9-11(15)8-12(18)13(19)16-10-14(2,3)17(4)5/h8-9H,6-7,10,15H2,1-5H3,(H,16,19). The van der Waals surface area contributed by atoms with E-state index in [0.29, 0.717) is 17.9 Å². The van der Waals surface area contributed by atoms with Crippen LogP contribution in [0.4, 0.5) is 5.69 Å². The molecule has 0 aliphatic rings. The molecule has 0 saturated heterocycles. The molecule has 3 N–H and O–H groups in total. The maximum atomic E-state index is 12.2. The van der Waals surface area contributed by atoms with Crippen LogP contribution in [0, 0.1) is 0 Å². The Balaban J connectivity index is 2.73. The highest BCUT2D eigenvalue weighted by atomic mass is 16.1. The minimum atomic E-state index is -0.0800. The zero-order valence-electron chi connectivity index (χ0n) is 12.7. The normalized spacial score (nSPS) is 11.9. The SMILES string of the molecule is CCCn1cc(N)cc1C(=O)NCC(C)(C)N(C)C. The molecule has 0 aromatic carbocycles. The Morgan fingerprint density at radius 3 is 2.63 bits per heavy atom. The van der Waals surface area contributed by atoms with Gasteiger partial charge < -0.3 is 20.5 Å². The predicted molar refractivity (Wildman–Crippen MR) is 79.2 cm³/mol. The van der Waals surface area contributed by atoms with Crippen LogP contribution >= 0.6 is 0 Å². The molecule has 0 spiro atoms. The minimum Gasteiger partial charge on any atom is -0.397 e. The summed E-state index contributed by atoms with van der Waals surface area (Å²) in [5.74, 6) is -0.0694. The van der Waals surface area contributed by atoms with Crippen LogP contribution in [0.5, 0.6) is 0 Å². The number of carbonyl (C=O) groups excluding carboxylic acids is 1. The van der Waals surface area contributed by atoms with Gasteiger partial charge in [-0.1, -0.05) is 6.92 Å². The van der Waals surface area contributed by atoms with Gasteiger partial charge in [-0.15, -0.1) is 0 Å². The number of hydrogen-bond donors (Lipinski definition) is 2. The molecule has 1 aromatic rings. The van der Waals surface area contributed by atoms with Gasteiger partial charge in [0.15, 0.2) is 0 Å². The number of nitrogens with one attached hydrogen (secondary N) is 1. The number of likely N-dealkylation sites (N-methyl/N-ethyl adjacent to an activating group) is 1. The number of rotatable bonds is 6. The summed E-state index contributed by atoms with van der Waals surface area (Å²) in [4.78, 5) is 14.3. The van der Waals surface area contributed by atoms with E-state index in [1.54, 1.807) is 6.07 Å². The predicted octanol–water partition coefficient (Wildman–Crippen LogP) is 1.55. The lowest BCUT2D eigenvalue weighted by Crippen LogP contribution is -2.48. The van der Waals surface area contributed by atoms with Crippen LogP contribution in [0.15, 0.2) is 12.3 Å². The Hall–Kier alpha value is -1.49. The van der Waals surface area contributed by atoms with E-state index >= 15 is 0 Å². The maximum absolute atomic E-state index is 12.2. The van der Waals surface area contributed by atoms with Gasteiger partial charge in [0.25, 0.3) is 5.91 Å². The third-order valence-electron chi connectivity index (χ3n) is 3.51. The van der Waals surface area contributed by atoms with Crippen LogP contribution in [-0.4, -0.2) is 41.6 Å². The number of aromatic nitrogens is 1. The fourth-order valence-electron chi connectivity index (χ4n) is 1.69. The lowest BCUT2D eigenvalue weighted by atomic mass is 10.0. The van der Waals surface area contributed by atoms with Gasteiger partial charge in [-0.05, 0) is 40.4 Å². The smallest absolute Gasteiger partial charge is 0.268 e. The van der Waals surface area contributed by atoms with Gasteiger partial charge in [-0.25, -0.2) is 0 Å². The molecule has 5 heteroatoms. The molecule has 108 valence electrons. The van der Waals surface area contributed by atoms with E-state index in [-0.39, 0.29) is 11.4 Å². The summed E-state index contributed by atoms with van der Waals surface area (Å²) in [6.07, 6.45) is 2.78. The van der Waals surface area contributed by atoms with Crippen molar-refractivity contribution >= 4 is 11.6 Å². The van der Waals surface area contributed by atoms with Crippen molar-refractivity contribution in [3.63, 3.8) is 0 Å². The lowest BCUT2D eigenvalue weighted by Gasteiger charge is -2.32. The first-order valence-corrected chi connectivity index (χ1v) is 6.69. The second kappa shape index (κ2) is 6.10.